The third kappa shape index (κ3) is 4.04. The molecule has 0 atom stereocenters. The molecule has 1 heterocycles. The molecule has 1 aromatic rings. The van der Waals surface area contributed by atoms with Crippen molar-refractivity contribution in [2.24, 2.45) is 0 Å². The molecule has 1 rings (SSSR count). The summed E-state index contributed by atoms with van der Waals surface area (Å²) >= 11 is 1.54. The second-order valence-corrected chi connectivity index (χ2v) is 15.2. The zero-order valence-corrected chi connectivity index (χ0v) is 15.5. The van der Waals surface area contributed by atoms with E-state index in [2.05, 4.69) is 31.1 Å². The molecule has 0 aliphatic heterocycles. The average Bonchev–Trinajstić information content (AvgIpc) is 2.72. The highest BCUT2D eigenvalue weighted by Gasteiger charge is 2.31. The molecule has 6 heteroatoms. The zero-order valence-electron chi connectivity index (χ0n) is 12.8. The van der Waals surface area contributed by atoms with E-state index in [0.717, 1.165) is 9.50 Å². The summed E-state index contributed by atoms with van der Waals surface area (Å²) in [7, 11) is 3.43. The van der Waals surface area contributed by atoms with Gasteiger partial charge in [0.25, 0.3) is 7.44 Å². The lowest BCUT2D eigenvalue weighted by Crippen LogP contribution is -2.27. The van der Waals surface area contributed by atoms with Gasteiger partial charge in [0.05, 0.1) is 9.50 Å². The number of nitrogens with zero attached hydrogens (tertiary/aromatic N) is 2. The third-order valence-corrected chi connectivity index (χ3v) is 8.08. The third-order valence-electron chi connectivity index (χ3n) is 2.52. The number of hydrogen-bond acceptors (Lipinski definition) is 2. The van der Waals surface area contributed by atoms with Crippen molar-refractivity contribution >= 4 is 31.5 Å². The van der Waals surface area contributed by atoms with Gasteiger partial charge < -0.3 is 0 Å². The lowest BCUT2D eigenvalue weighted by Gasteiger charge is -2.29. The van der Waals surface area contributed by atoms with Gasteiger partial charge in [0.15, 0.2) is 0 Å². The monoisotopic (exact) mass is 314 g/mol. The van der Waals surface area contributed by atoms with Gasteiger partial charge in [-0.3, -0.25) is 4.57 Å². The van der Waals surface area contributed by atoms with Crippen molar-refractivity contribution < 1.29 is 4.57 Å². The van der Waals surface area contributed by atoms with Gasteiger partial charge >= 0.3 is 0 Å². The van der Waals surface area contributed by atoms with E-state index in [1.165, 1.54) is 11.3 Å². The molecule has 106 valence electrons. The molecule has 0 fully saturated rings. The van der Waals surface area contributed by atoms with E-state index < -0.39 is 15.5 Å². The van der Waals surface area contributed by atoms with Crippen LogP contribution in [0.4, 0.5) is 0 Å². The normalized spacial score (nSPS) is 12.7. The first-order chi connectivity index (χ1) is 8.57. The Bertz CT molecular complexity index is 537. The molecule has 0 aliphatic rings. The molecule has 0 amide bonds. The van der Waals surface area contributed by atoms with Crippen LogP contribution in [0.3, 0.4) is 0 Å². The first-order valence-electron chi connectivity index (χ1n) is 6.16. The standard InChI is InChI=1S/C13H23N2OPSSi/c1-14(2)17(16,15(3)4)13-9-8-12(18-13)10-11-19(5,6)7/h8-9H,1-7H3. The van der Waals surface area contributed by atoms with Gasteiger partial charge in [-0.15, -0.1) is 16.9 Å². The Labute approximate surface area is 122 Å². The van der Waals surface area contributed by atoms with Crippen LogP contribution in [-0.4, -0.2) is 45.6 Å². The van der Waals surface area contributed by atoms with E-state index in [-0.39, 0.29) is 0 Å². The molecule has 3 nitrogen and oxygen atoms in total. The van der Waals surface area contributed by atoms with E-state index in [4.69, 9.17) is 0 Å². The summed E-state index contributed by atoms with van der Waals surface area (Å²) in [5.74, 6) is 3.23. The van der Waals surface area contributed by atoms with Crippen molar-refractivity contribution in [1.29, 1.82) is 0 Å². The Morgan fingerprint density at radius 2 is 1.63 bits per heavy atom. The van der Waals surface area contributed by atoms with Crippen molar-refractivity contribution in [2.45, 2.75) is 19.6 Å². The molecule has 1 aromatic heterocycles. The summed E-state index contributed by atoms with van der Waals surface area (Å²) < 4.78 is 17.5. The molecule has 19 heavy (non-hydrogen) atoms. The van der Waals surface area contributed by atoms with E-state index in [1.54, 1.807) is 9.34 Å². The molecule has 0 N–H and O–H groups in total. The van der Waals surface area contributed by atoms with Gasteiger partial charge in [-0.1, -0.05) is 25.6 Å². The topological polar surface area (TPSA) is 23.6 Å². The van der Waals surface area contributed by atoms with Crippen LogP contribution in [0.25, 0.3) is 0 Å². The Hall–Kier alpha value is -0.373. The van der Waals surface area contributed by atoms with Gasteiger partial charge in [0.1, 0.15) is 8.07 Å². The van der Waals surface area contributed by atoms with Crippen molar-refractivity contribution in [1.82, 2.24) is 9.34 Å². The summed E-state index contributed by atoms with van der Waals surface area (Å²) in [6.07, 6.45) is 0. The van der Waals surface area contributed by atoms with Crippen molar-refractivity contribution in [2.75, 3.05) is 28.2 Å². The largest absolute Gasteiger partial charge is 0.283 e. The average molecular weight is 314 g/mol. The van der Waals surface area contributed by atoms with Crippen molar-refractivity contribution in [3.8, 4) is 11.5 Å². The van der Waals surface area contributed by atoms with Crippen LogP contribution in [0.1, 0.15) is 4.88 Å². The summed E-state index contributed by atoms with van der Waals surface area (Å²) in [4.78, 5) is 1.00. The Kier molecular flexibility index (Phi) is 5.22. The minimum atomic E-state index is -2.63. The molecule has 0 radical (unpaired) electrons. The highest BCUT2D eigenvalue weighted by molar-refractivity contribution is 7.72. The maximum atomic E-state index is 13.1. The number of hydrogen-bond donors (Lipinski definition) is 0. The summed E-state index contributed by atoms with van der Waals surface area (Å²) in [5.41, 5.74) is 3.34. The van der Waals surface area contributed by atoms with Crippen molar-refractivity contribution in [3.63, 3.8) is 0 Å². The molecule has 0 saturated carbocycles. The predicted molar refractivity (Wildman–Crippen MR) is 89.2 cm³/mol. The van der Waals surface area contributed by atoms with Gasteiger partial charge in [0.2, 0.25) is 0 Å². The fourth-order valence-corrected chi connectivity index (χ4v) is 6.28. The molecular formula is C13H23N2OPSSi. The fraction of sp³-hybridized carbons (Fsp3) is 0.538. The van der Waals surface area contributed by atoms with Gasteiger partial charge in [-0.25, -0.2) is 9.34 Å². The fourth-order valence-electron chi connectivity index (χ4n) is 1.55. The maximum absolute atomic E-state index is 13.1. The van der Waals surface area contributed by atoms with E-state index in [9.17, 15) is 4.57 Å². The molecule has 0 unspecified atom stereocenters. The lowest BCUT2D eigenvalue weighted by atomic mass is 10.5. The summed E-state index contributed by atoms with van der Waals surface area (Å²) in [5, 5.41) is 0. The maximum Gasteiger partial charge on any atom is 0.254 e. The van der Waals surface area contributed by atoms with Gasteiger partial charge in [-0.2, -0.15) is 0 Å². The smallest absolute Gasteiger partial charge is 0.254 e. The molecule has 0 aliphatic carbocycles. The molecule has 0 saturated heterocycles. The quantitative estimate of drug-likeness (QED) is 0.487. The molecule has 0 spiro atoms. The van der Waals surface area contributed by atoms with Crippen LogP contribution in [0.5, 0.6) is 0 Å². The van der Waals surface area contributed by atoms with Crippen molar-refractivity contribution in [3.05, 3.63) is 17.0 Å². The highest BCUT2D eigenvalue weighted by atomic mass is 32.1. The van der Waals surface area contributed by atoms with Crippen LogP contribution in [0.15, 0.2) is 12.1 Å². The van der Waals surface area contributed by atoms with Gasteiger partial charge in [-0.05, 0) is 40.3 Å². The SMILES string of the molecule is CN(C)P(=O)(c1ccc(C#C[Si](C)(C)C)s1)N(C)C. The first-order valence-corrected chi connectivity index (χ1v) is 12.1. The summed E-state index contributed by atoms with van der Waals surface area (Å²) in [6, 6.07) is 3.92. The number of rotatable bonds is 3. The van der Waals surface area contributed by atoms with E-state index >= 15 is 0 Å². The van der Waals surface area contributed by atoms with Crippen LogP contribution in [-0.2, 0) is 4.57 Å². The minimum absolute atomic E-state index is 0.891. The zero-order chi connectivity index (χ0) is 14.8. The first kappa shape index (κ1) is 16.7. The minimum Gasteiger partial charge on any atom is -0.283 e. The summed E-state index contributed by atoms with van der Waals surface area (Å²) in [6.45, 7) is 6.66. The van der Waals surface area contributed by atoms with Crippen LogP contribution in [0.2, 0.25) is 19.6 Å². The molecule has 0 aromatic carbocycles. The second kappa shape index (κ2) is 5.95. The van der Waals surface area contributed by atoms with E-state index in [0.29, 0.717) is 0 Å². The predicted octanol–water partition coefficient (Wildman–Crippen LogP) is 2.92. The highest BCUT2D eigenvalue weighted by Crippen LogP contribution is 2.49. The molecule has 0 bridgehead atoms. The second-order valence-electron chi connectivity index (χ2n) is 5.88. The van der Waals surface area contributed by atoms with Crippen LogP contribution in [0, 0.1) is 11.5 Å². The van der Waals surface area contributed by atoms with Crippen LogP contribution >= 0.6 is 18.8 Å². The Morgan fingerprint density at radius 1 is 1.11 bits per heavy atom. The Balaban J connectivity index is 3.14. The number of thiophene rings is 1. The Morgan fingerprint density at radius 3 is 2.05 bits per heavy atom. The van der Waals surface area contributed by atoms with Crippen LogP contribution < -0.4 is 4.62 Å². The van der Waals surface area contributed by atoms with E-state index in [1.807, 2.05) is 40.3 Å². The molecular weight excluding hydrogens is 291 g/mol. The lowest BCUT2D eigenvalue weighted by molar-refractivity contribution is 0.460. The van der Waals surface area contributed by atoms with Gasteiger partial charge in [0, 0.05) is 0 Å².